The molecule has 0 bridgehead atoms. The van der Waals surface area contributed by atoms with Crippen molar-refractivity contribution in [3.05, 3.63) is 30.3 Å². The number of H-pyrrole nitrogens is 1. The Morgan fingerprint density at radius 1 is 1.19 bits per heavy atom. The molecule has 1 fully saturated rings. The number of hydrogen-bond acceptors (Lipinski definition) is 7. The Morgan fingerprint density at radius 3 is 2.96 bits per heavy atom. The van der Waals surface area contributed by atoms with Crippen molar-refractivity contribution in [2.24, 2.45) is 0 Å². The normalized spacial score (nSPS) is 17.6. The molecule has 1 unspecified atom stereocenters. The summed E-state index contributed by atoms with van der Waals surface area (Å²) in [5.74, 6) is 1.65. The predicted octanol–water partition coefficient (Wildman–Crippen LogP) is 1.60. The lowest BCUT2D eigenvalue weighted by molar-refractivity contribution is 0.478. The Kier molecular flexibility index (Phi) is 3.61. The molecule has 0 radical (unpaired) electrons. The molecule has 4 aromatic rings. The highest BCUT2D eigenvalue weighted by atomic mass is 15.4. The van der Waals surface area contributed by atoms with Gasteiger partial charge in [-0.1, -0.05) is 6.07 Å². The molecule has 1 aliphatic rings. The molecule has 1 aromatic carbocycles. The zero-order valence-electron chi connectivity index (χ0n) is 14.7. The summed E-state index contributed by atoms with van der Waals surface area (Å²) in [6, 6.07) is 10.4. The van der Waals surface area contributed by atoms with Crippen LogP contribution in [0.4, 0.5) is 17.6 Å². The predicted molar refractivity (Wildman–Crippen MR) is 106 cm³/mol. The second-order valence-corrected chi connectivity index (χ2v) is 6.89. The summed E-state index contributed by atoms with van der Waals surface area (Å²) in [6.07, 6.45) is 2.24. The summed E-state index contributed by atoms with van der Waals surface area (Å²) in [6.45, 7) is 1.97. The van der Waals surface area contributed by atoms with Crippen molar-refractivity contribution in [3.8, 4) is 11.1 Å². The molecule has 27 heavy (non-hydrogen) atoms. The van der Waals surface area contributed by atoms with Crippen LogP contribution in [0.15, 0.2) is 30.3 Å². The van der Waals surface area contributed by atoms with Gasteiger partial charge in [-0.3, -0.25) is 5.10 Å². The second-order valence-electron chi connectivity index (χ2n) is 6.89. The minimum atomic E-state index is 0.258. The first-order chi connectivity index (χ1) is 13.2. The minimum Gasteiger partial charge on any atom is -0.382 e. The fourth-order valence-corrected chi connectivity index (χ4v) is 3.71. The zero-order chi connectivity index (χ0) is 18.4. The quantitative estimate of drug-likeness (QED) is 0.373. The monoisotopic (exact) mass is 363 g/mol. The Bertz CT molecular complexity index is 1120. The van der Waals surface area contributed by atoms with E-state index in [-0.39, 0.29) is 5.95 Å². The Labute approximate surface area is 155 Å². The fourth-order valence-electron chi connectivity index (χ4n) is 3.71. The lowest BCUT2D eigenvalue weighted by Crippen LogP contribution is -2.39. The molecule has 1 aliphatic heterocycles. The van der Waals surface area contributed by atoms with Crippen LogP contribution in [0.1, 0.15) is 12.8 Å². The van der Waals surface area contributed by atoms with E-state index in [9.17, 15) is 0 Å². The molecule has 9 nitrogen and oxygen atoms in total. The largest absolute Gasteiger partial charge is 0.382 e. The maximum atomic E-state index is 5.90. The number of rotatable bonds is 3. The Hall–Kier alpha value is -3.33. The number of anilines is 3. The Balaban J connectivity index is 1.66. The number of piperidine rings is 1. The van der Waals surface area contributed by atoms with Gasteiger partial charge in [-0.05, 0) is 49.2 Å². The molecule has 0 aliphatic carbocycles. The van der Waals surface area contributed by atoms with Gasteiger partial charge in [0, 0.05) is 23.5 Å². The third-order valence-electron chi connectivity index (χ3n) is 5.06. The van der Waals surface area contributed by atoms with Gasteiger partial charge in [-0.25, -0.2) is 0 Å². The highest BCUT2D eigenvalue weighted by molar-refractivity contribution is 5.93. The molecule has 0 amide bonds. The average molecular weight is 363 g/mol. The highest BCUT2D eigenvalue weighted by Gasteiger charge is 2.19. The van der Waals surface area contributed by atoms with Crippen LogP contribution < -0.4 is 22.1 Å². The van der Waals surface area contributed by atoms with Crippen molar-refractivity contribution >= 4 is 34.1 Å². The number of nitrogens with zero attached hydrogens (tertiary/aromatic N) is 4. The van der Waals surface area contributed by atoms with Crippen molar-refractivity contribution < 1.29 is 0 Å². The third kappa shape index (κ3) is 2.72. The molecular weight excluding hydrogens is 342 g/mol. The molecular formula is C18H21N9. The first-order valence-electron chi connectivity index (χ1n) is 9.05. The summed E-state index contributed by atoms with van der Waals surface area (Å²) < 4.78 is 1.78. The van der Waals surface area contributed by atoms with E-state index in [2.05, 4.69) is 30.9 Å². The highest BCUT2D eigenvalue weighted by Crippen LogP contribution is 2.32. The molecule has 0 saturated carbocycles. The first kappa shape index (κ1) is 15.9. The van der Waals surface area contributed by atoms with Gasteiger partial charge in [0.25, 0.3) is 0 Å². The van der Waals surface area contributed by atoms with Crippen molar-refractivity contribution in [2.75, 3.05) is 29.9 Å². The number of aromatic amines is 1. The number of nitrogens with two attached hydrogens (primary N) is 2. The van der Waals surface area contributed by atoms with Crippen LogP contribution in [0.25, 0.3) is 27.7 Å². The van der Waals surface area contributed by atoms with E-state index in [1.165, 1.54) is 0 Å². The van der Waals surface area contributed by atoms with E-state index >= 15 is 0 Å². The first-order valence-corrected chi connectivity index (χ1v) is 9.05. The number of nitrogen functional groups attached to an aromatic ring is 2. The molecule has 1 atom stereocenters. The molecule has 1 saturated heterocycles. The molecule has 138 valence electrons. The van der Waals surface area contributed by atoms with E-state index in [0.29, 0.717) is 11.9 Å². The number of nitrogens with one attached hydrogen (secondary N) is 3. The van der Waals surface area contributed by atoms with Crippen molar-refractivity contribution in [2.45, 2.75) is 18.9 Å². The second kappa shape index (κ2) is 6.13. The van der Waals surface area contributed by atoms with Crippen molar-refractivity contribution in [1.82, 2.24) is 30.1 Å². The molecule has 4 heterocycles. The van der Waals surface area contributed by atoms with Crippen LogP contribution in [0.3, 0.4) is 0 Å². The van der Waals surface area contributed by atoms with E-state index in [1.54, 1.807) is 4.52 Å². The maximum Gasteiger partial charge on any atom is 0.240 e. The van der Waals surface area contributed by atoms with Crippen LogP contribution >= 0.6 is 0 Å². The Morgan fingerprint density at radius 2 is 2.11 bits per heavy atom. The number of fused-ring (bicyclic) bond motifs is 2. The SMILES string of the molecule is Nc1nc2ccc(-c3ccc4c(N)n[nH]c4c3)c(NC3CCCNC3)n2n1. The molecule has 3 aromatic heterocycles. The fraction of sp³-hybridized carbons (Fsp3) is 0.278. The summed E-state index contributed by atoms with van der Waals surface area (Å²) in [5.41, 5.74) is 15.4. The standard InChI is InChI=1S/C18H21N9/c19-16-13-4-3-10(8-14(13)24-25-16)12-5-6-15-23-18(20)26-27(15)17(12)22-11-2-1-7-21-9-11/h3-6,8,11,21-22H,1-2,7,9H2,(H2,20,26)(H3,19,24,25). The van der Waals surface area contributed by atoms with Crippen molar-refractivity contribution in [1.29, 1.82) is 0 Å². The number of hydrogen-bond donors (Lipinski definition) is 5. The van der Waals surface area contributed by atoms with Gasteiger partial charge in [-0.2, -0.15) is 14.6 Å². The smallest absolute Gasteiger partial charge is 0.240 e. The van der Waals surface area contributed by atoms with Gasteiger partial charge in [0.2, 0.25) is 5.95 Å². The van der Waals surface area contributed by atoms with Gasteiger partial charge in [0.15, 0.2) is 11.5 Å². The van der Waals surface area contributed by atoms with Crippen LogP contribution in [-0.4, -0.2) is 43.9 Å². The van der Waals surface area contributed by atoms with Crippen LogP contribution in [0.2, 0.25) is 0 Å². The van der Waals surface area contributed by atoms with Crippen molar-refractivity contribution in [3.63, 3.8) is 0 Å². The third-order valence-corrected chi connectivity index (χ3v) is 5.06. The van der Waals surface area contributed by atoms with Gasteiger partial charge < -0.3 is 22.1 Å². The lowest BCUT2D eigenvalue weighted by atomic mass is 10.0. The van der Waals surface area contributed by atoms with E-state index < -0.39 is 0 Å². The topological polar surface area (TPSA) is 135 Å². The van der Waals surface area contributed by atoms with Crippen LogP contribution in [0.5, 0.6) is 0 Å². The van der Waals surface area contributed by atoms with Gasteiger partial charge in [-0.15, -0.1) is 5.10 Å². The number of benzene rings is 1. The van der Waals surface area contributed by atoms with E-state index in [1.807, 2.05) is 30.3 Å². The number of pyridine rings is 1. The van der Waals surface area contributed by atoms with Crippen LogP contribution in [0, 0.1) is 0 Å². The van der Waals surface area contributed by atoms with Crippen LogP contribution in [-0.2, 0) is 0 Å². The van der Waals surface area contributed by atoms with Gasteiger partial charge in [0.05, 0.1) is 5.52 Å². The number of aromatic nitrogens is 5. The zero-order valence-corrected chi connectivity index (χ0v) is 14.7. The summed E-state index contributed by atoms with van der Waals surface area (Å²) in [5, 5.41) is 19.5. The van der Waals surface area contributed by atoms with E-state index in [4.69, 9.17) is 11.5 Å². The summed E-state index contributed by atoms with van der Waals surface area (Å²) in [4.78, 5) is 4.30. The molecule has 5 rings (SSSR count). The van der Waals surface area contributed by atoms with E-state index in [0.717, 1.165) is 59.4 Å². The average Bonchev–Trinajstić information content (AvgIpc) is 3.25. The molecule has 9 heteroatoms. The molecule has 7 N–H and O–H groups in total. The lowest BCUT2D eigenvalue weighted by Gasteiger charge is -2.26. The summed E-state index contributed by atoms with van der Waals surface area (Å²) >= 11 is 0. The summed E-state index contributed by atoms with van der Waals surface area (Å²) in [7, 11) is 0. The minimum absolute atomic E-state index is 0.258. The van der Waals surface area contributed by atoms with Gasteiger partial charge >= 0.3 is 0 Å². The van der Waals surface area contributed by atoms with Gasteiger partial charge in [0.1, 0.15) is 5.82 Å². The maximum absolute atomic E-state index is 5.90. The molecule has 0 spiro atoms.